The van der Waals surface area contributed by atoms with Gasteiger partial charge in [-0.05, 0) is 83.5 Å². The summed E-state index contributed by atoms with van der Waals surface area (Å²) in [4.78, 5) is 38.2. The van der Waals surface area contributed by atoms with E-state index in [9.17, 15) is 14.4 Å². The predicted octanol–water partition coefficient (Wildman–Crippen LogP) is 20.1. The summed E-state index contributed by atoms with van der Waals surface area (Å²) in [7, 11) is 0. The van der Waals surface area contributed by atoms with Gasteiger partial charge in [-0.3, -0.25) is 14.4 Å². The average Bonchev–Trinajstić information content (AvgIpc) is 3.37. The molecule has 0 bridgehead atoms. The summed E-state index contributed by atoms with van der Waals surface area (Å²) in [6.07, 6.45) is 78.4. The van der Waals surface area contributed by atoms with Crippen molar-refractivity contribution in [3.63, 3.8) is 0 Å². The molecule has 0 rings (SSSR count). The molecule has 71 heavy (non-hydrogen) atoms. The lowest BCUT2D eigenvalue weighted by Crippen LogP contribution is -2.30. The molecule has 0 aromatic heterocycles. The van der Waals surface area contributed by atoms with Gasteiger partial charge in [-0.1, -0.05) is 272 Å². The van der Waals surface area contributed by atoms with E-state index in [1.165, 1.54) is 148 Å². The Balaban J connectivity index is 4.49. The quantitative estimate of drug-likeness (QED) is 0.0199. The third kappa shape index (κ3) is 57.1. The zero-order chi connectivity index (χ0) is 51.4. The minimum atomic E-state index is -0.813. The van der Waals surface area contributed by atoms with Crippen LogP contribution in [-0.4, -0.2) is 37.2 Å². The summed E-state index contributed by atoms with van der Waals surface area (Å²) in [5.41, 5.74) is 0. The highest BCUT2D eigenvalue weighted by molar-refractivity contribution is 5.71. The van der Waals surface area contributed by atoms with E-state index >= 15 is 0 Å². The number of hydrogen-bond acceptors (Lipinski definition) is 6. The Labute approximate surface area is 438 Å². The molecule has 6 heteroatoms. The lowest BCUT2D eigenvalue weighted by molar-refractivity contribution is -0.166. The Bertz CT molecular complexity index is 1410. The number of carbonyl (C=O) groups is 3. The molecule has 0 aromatic rings. The van der Waals surface area contributed by atoms with E-state index in [0.29, 0.717) is 19.3 Å². The largest absolute Gasteiger partial charge is 0.462 e. The predicted molar refractivity (Wildman–Crippen MR) is 307 cm³/mol. The molecule has 0 aliphatic rings. The molecule has 0 N–H and O–H groups in total. The molecule has 0 spiro atoms. The van der Waals surface area contributed by atoms with Gasteiger partial charge in [0.1, 0.15) is 13.2 Å². The minimum absolute atomic E-state index is 0.106. The molecule has 0 saturated carbocycles. The first-order chi connectivity index (χ1) is 35.0. The highest BCUT2D eigenvalue weighted by Crippen LogP contribution is 2.16. The molecule has 406 valence electrons. The standard InChI is InChI=1S/C65H110O6/c1-4-7-10-13-16-19-22-25-28-30-32-34-37-40-43-46-49-52-55-58-64(67)70-61-62(60-69-63(66)57-54-51-48-45-42-39-36-27-24-21-18-15-12-9-6-3)71-65(68)59-56-53-50-47-44-41-38-35-33-31-29-26-23-20-17-14-11-8-5-2/h7,10,16,18-19,21,24-25,27-28,32,34,40,43,49,52,62H,4-6,8-9,11-15,17,20,22-23,26,29-31,33,35-39,41-42,44-48,50-51,53-61H2,1-3H3/b10-7-,19-16-,21-18-,27-24-,28-25-,34-32-,43-40-,52-49-. The van der Waals surface area contributed by atoms with Crippen LogP contribution in [-0.2, 0) is 28.6 Å². The third-order valence-electron chi connectivity index (χ3n) is 12.6. The molecule has 0 aliphatic carbocycles. The molecular formula is C65H110O6. The summed E-state index contributed by atoms with van der Waals surface area (Å²) in [6, 6.07) is 0. The number of esters is 3. The number of rotatable bonds is 53. The number of ether oxygens (including phenoxy) is 3. The number of hydrogen-bond donors (Lipinski definition) is 0. The van der Waals surface area contributed by atoms with Gasteiger partial charge in [0.2, 0.25) is 0 Å². The second-order valence-electron chi connectivity index (χ2n) is 19.6. The van der Waals surface area contributed by atoms with Crippen LogP contribution in [0.5, 0.6) is 0 Å². The summed E-state index contributed by atoms with van der Waals surface area (Å²) in [6.45, 7) is 6.44. The number of allylic oxidation sites excluding steroid dienone is 16. The van der Waals surface area contributed by atoms with E-state index in [1.54, 1.807) is 0 Å². The maximum absolute atomic E-state index is 12.9. The van der Waals surface area contributed by atoms with Gasteiger partial charge in [-0.15, -0.1) is 0 Å². The van der Waals surface area contributed by atoms with Crippen molar-refractivity contribution in [2.45, 2.75) is 284 Å². The smallest absolute Gasteiger partial charge is 0.306 e. The van der Waals surface area contributed by atoms with E-state index in [2.05, 4.69) is 112 Å². The molecular weight excluding hydrogens is 877 g/mol. The van der Waals surface area contributed by atoms with Gasteiger partial charge >= 0.3 is 17.9 Å². The molecule has 1 unspecified atom stereocenters. The van der Waals surface area contributed by atoms with Crippen molar-refractivity contribution in [1.82, 2.24) is 0 Å². The Morgan fingerprint density at radius 3 is 1.03 bits per heavy atom. The van der Waals surface area contributed by atoms with Gasteiger partial charge in [-0.25, -0.2) is 0 Å². The molecule has 0 saturated heterocycles. The van der Waals surface area contributed by atoms with Crippen molar-refractivity contribution < 1.29 is 28.6 Å². The maximum Gasteiger partial charge on any atom is 0.306 e. The van der Waals surface area contributed by atoms with Gasteiger partial charge < -0.3 is 14.2 Å². The zero-order valence-corrected chi connectivity index (χ0v) is 46.5. The number of carbonyl (C=O) groups excluding carboxylic acids is 3. The molecule has 0 heterocycles. The first kappa shape index (κ1) is 67.3. The second kappa shape index (κ2) is 58.9. The monoisotopic (exact) mass is 987 g/mol. The highest BCUT2D eigenvalue weighted by Gasteiger charge is 2.19. The SMILES string of the molecule is CC/C=C\C/C=C\C/C=C\C/C=C\C/C=C\C/C=C\CCC(=O)OCC(COC(=O)CCCCCCCC/C=C\C=C/CCCCC)OC(=O)CCCCCCCCCCCCCCCCCCCCC. The van der Waals surface area contributed by atoms with Crippen LogP contribution in [0.4, 0.5) is 0 Å². The van der Waals surface area contributed by atoms with Crippen molar-refractivity contribution >= 4 is 17.9 Å². The molecule has 0 fully saturated rings. The van der Waals surface area contributed by atoms with Crippen LogP contribution >= 0.6 is 0 Å². The van der Waals surface area contributed by atoms with Crippen molar-refractivity contribution in [3.8, 4) is 0 Å². The second-order valence-corrected chi connectivity index (χ2v) is 19.6. The van der Waals surface area contributed by atoms with E-state index in [1.807, 2.05) is 6.08 Å². The average molecular weight is 988 g/mol. The van der Waals surface area contributed by atoms with E-state index in [0.717, 1.165) is 83.5 Å². The summed E-state index contributed by atoms with van der Waals surface area (Å²) in [5, 5.41) is 0. The fourth-order valence-corrected chi connectivity index (χ4v) is 8.17. The highest BCUT2D eigenvalue weighted by atomic mass is 16.6. The maximum atomic E-state index is 12.9. The third-order valence-corrected chi connectivity index (χ3v) is 12.6. The molecule has 0 amide bonds. The van der Waals surface area contributed by atoms with Crippen molar-refractivity contribution in [3.05, 3.63) is 97.2 Å². The summed E-state index contributed by atoms with van der Waals surface area (Å²) >= 11 is 0. The first-order valence-corrected chi connectivity index (χ1v) is 29.8. The number of unbranched alkanes of at least 4 members (excludes halogenated alkanes) is 27. The van der Waals surface area contributed by atoms with Crippen LogP contribution in [0.1, 0.15) is 278 Å². The normalized spacial score (nSPS) is 12.8. The Hall–Kier alpha value is -3.67. The van der Waals surface area contributed by atoms with Crippen LogP contribution in [0, 0.1) is 0 Å². The molecule has 6 nitrogen and oxygen atoms in total. The molecule has 0 aliphatic heterocycles. The fourth-order valence-electron chi connectivity index (χ4n) is 8.17. The lowest BCUT2D eigenvalue weighted by Gasteiger charge is -2.18. The van der Waals surface area contributed by atoms with E-state index in [4.69, 9.17) is 14.2 Å². The van der Waals surface area contributed by atoms with E-state index in [-0.39, 0.29) is 37.5 Å². The van der Waals surface area contributed by atoms with E-state index < -0.39 is 6.10 Å². The van der Waals surface area contributed by atoms with Crippen molar-refractivity contribution in [2.75, 3.05) is 13.2 Å². The Kier molecular flexibility index (Phi) is 55.9. The van der Waals surface area contributed by atoms with Crippen molar-refractivity contribution in [1.29, 1.82) is 0 Å². The van der Waals surface area contributed by atoms with Crippen LogP contribution in [0.25, 0.3) is 0 Å². The topological polar surface area (TPSA) is 78.9 Å². The fraction of sp³-hybridized carbons (Fsp3) is 0.708. The van der Waals surface area contributed by atoms with Crippen LogP contribution in [0.3, 0.4) is 0 Å². The van der Waals surface area contributed by atoms with Crippen LogP contribution in [0.15, 0.2) is 97.2 Å². The van der Waals surface area contributed by atoms with Gasteiger partial charge in [-0.2, -0.15) is 0 Å². The van der Waals surface area contributed by atoms with Gasteiger partial charge in [0.25, 0.3) is 0 Å². The van der Waals surface area contributed by atoms with Crippen molar-refractivity contribution in [2.24, 2.45) is 0 Å². The van der Waals surface area contributed by atoms with Gasteiger partial charge in [0.05, 0.1) is 0 Å². The van der Waals surface area contributed by atoms with Crippen LogP contribution in [0.2, 0.25) is 0 Å². The first-order valence-electron chi connectivity index (χ1n) is 29.8. The van der Waals surface area contributed by atoms with Gasteiger partial charge in [0, 0.05) is 19.3 Å². The minimum Gasteiger partial charge on any atom is -0.462 e. The molecule has 0 aromatic carbocycles. The summed E-state index contributed by atoms with van der Waals surface area (Å²) < 4.78 is 16.8. The lowest BCUT2D eigenvalue weighted by atomic mass is 10.0. The molecule has 0 radical (unpaired) electrons. The van der Waals surface area contributed by atoms with Gasteiger partial charge in [0.15, 0.2) is 6.10 Å². The Morgan fingerprint density at radius 1 is 0.310 bits per heavy atom. The Morgan fingerprint density at radius 2 is 0.620 bits per heavy atom. The van der Waals surface area contributed by atoms with Crippen LogP contribution < -0.4 is 0 Å². The summed E-state index contributed by atoms with van der Waals surface area (Å²) in [5.74, 6) is -0.996. The molecule has 1 atom stereocenters. The zero-order valence-electron chi connectivity index (χ0n) is 46.5.